The van der Waals surface area contributed by atoms with Crippen LogP contribution in [0.1, 0.15) is 24.4 Å². The van der Waals surface area contributed by atoms with Crippen LogP contribution in [0.25, 0.3) is 0 Å². The third-order valence-corrected chi connectivity index (χ3v) is 4.41. The summed E-state index contributed by atoms with van der Waals surface area (Å²) in [6.07, 6.45) is 0.905. The molecule has 2 rings (SSSR count). The van der Waals surface area contributed by atoms with Crippen LogP contribution in [0.15, 0.2) is 16.6 Å². The second-order valence-electron chi connectivity index (χ2n) is 4.25. The van der Waals surface area contributed by atoms with E-state index >= 15 is 0 Å². The van der Waals surface area contributed by atoms with E-state index in [9.17, 15) is 0 Å². The SMILES string of the molecule is CCOc1c(Br)cc(CNc2nnc(CC)s2)cc1OC. The predicted octanol–water partition coefficient (Wildman–Crippen LogP) is 3.88. The molecule has 1 heterocycles. The molecule has 0 unspecified atom stereocenters. The van der Waals surface area contributed by atoms with Crippen LogP contribution < -0.4 is 14.8 Å². The van der Waals surface area contributed by atoms with Gasteiger partial charge in [-0.3, -0.25) is 0 Å². The summed E-state index contributed by atoms with van der Waals surface area (Å²) in [5, 5.41) is 13.3. The summed E-state index contributed by atoms with van der Waals surface area (Å²) in [5.74, 6) is 1.45. The Morgan fingerprint density at radius 1 is 1.29 bits per heavy atom. The minimum absolute atomic E-state index is 0.594. The van der Waals surface area contributed by atoms with Crippen molar-refractivity contribution in [2.24, 2.45) is 0 Å². The van der Waals surface area contributed by atoms with Crippen molar-refractivity contribution in [3.05, 3.63) is 27.2 Å². The van der Waals surface area contributed by atoms with Crippen molar-refractivity contribution in [2.45, 2.75) is 26.8 Å². The van der Waals surface area contributed by atoms with E-state index in [2.05, 4.69) is 38.4 Å². The average molecular weight is 372 g/mol. The van der Waals surface area contributed by atoms with Gasteiger partial charge in [-0.25, -0.2) is 0 Å². The van der Waals surface area contributed by atoms with Crippen LogP contribution in [-0.2, 0) is 13.0 Å². The van der Waals surface area contributed by atoms with Gasteiger partial charge in [0.05, 0.1) is 18.2 Å². The maximum atomic E-state index is 5.58. The number of hydrogen-bond acceptors (Lipinski definition) is 6. The van der Waals surface area contributed by atoms with Crippen molar-refractivity contribution in [1.82, 2.24) is 10.2 Å². The predicted molar refractivity (Wildman–Crippen MR) is 88.5 cm³/mol. The molecule has 0 bridgehead atoms. The quantitative estimate of drug-likeness (QED) is 0.799. The van der Waals surface area contributed by atoms with Gasteiger partial charge in [-0.1, -0.05) is 18.3 Å². The molecule has 2 aromatic rings. The maximum absolute atomic E-state index is 5.58. The highest BCUT2D eigenvalue weighted by molar-refractivity contribution is 9.10. The van der Waals surface area contributed by atoms with Crippen molar-refractivity contribution in [3.63, 3.8) is 0 Å². The second kappa shape index (κ2) is 7.61. The van der Waals surface area contributed by atoms with Gasteiger partial charge in [-0.15, -0.1) is 10.2 Å². The number of methoxy groups -OCH3 is 1. The van der Waals surface area contributed by atoms with Crippen LogP contribution in [0.3, 0.4) is 0 Å². The molecule has 0 saturated carbocycles. The maximum Gasteiger partial charge on any atom is 0.205 e. The van der Waals surface area contributed by atoms with Crippen LogP contribution in [0.2, 0.25) is 0 Å². The molecule has 0 aliphatic rings. The Morgan fingerprint density at radius 3 is 2.71 bits per heavy atom. The fraction of sp³-hybridized carbons (Fsp3) is 0.429. The summed E-state index contributed by atoms with van der Waals surface area (Å²) in [6, 6.07) is 3.98. The van der Waals surface area contributed by atoms with Gasteiger partial charge in [0.1, 0.15) is 5.01 Å². The lowest BCUT2D eigenvalue weighted by Gasteiger charge is -2.13. The van der Waals surface area contributed by atoms with Gasteiger partial charge in [0.15, 0.2) is 11.5 Å². The molecule has 7 heteroatoms. The van der Waals surface area contributed by atoms with Gasteiger partial charge in [-0.2, -0.15) is 0 Å². The first-order valence-corrected chi connectivity index (χ1v) is 8.34. The summed E-state index contributed by atoms with van der Waals surface area (Å²) >= 11 is 5.10. The molecule has 0 aliphatic heterocycles. The van der Waals surface area contributed by atoms with Crippen LogP contribution in [0.4, 0.5) is 5.13 Å². The third-order valence-electron chi connectivity index (χ3n) is 2.79. The lowest BCUT2D eigenvalue weighted by atomic mass is 10.2. The monoisotopic (exact) mass is 371 g/mol. The summed E-state index contributed by atoms with van der Waals surface area (Å²) < 4.78 is 11.8. The molecule has 0 aliphatic carbocycles. The molecule has 0 saturated heterocycles. The zero-order chi connectivity index (χ0) is 15.2. The highest BCUT2D eigenvalue weighted by Gasteiger charge is 2.11. The molecule has 21 heavy (non-hydrogen) atoms. The molecule has 1 aromatic heterocycles. The van der Waals surface area contributed by atoms with Gasteiger partial charge >= 0.3 is 0 Å². The number of ether oxygens (including phenoxy) is 2. The van der Waals surface area contributed by atoms with Gasteiger partial charge in [0, 0.05) is 6.54 Å². The van der Waals surface area contributed by atoms with Gasteiger partial charge in [0.2, 0.25) is 5.13 Å². The van der Waals surface area contributed by atoms with E-state index in [1.54, 1.807) is 18.4 Å². The number of benzene rings is 1. The van der Waals surface area contributed by atoms with Crippen molar-refractivity contribution < 1.29 is 9.47 Å². The smallest absolute Gasteiger partial charge is 0.205 e. The van der Waals surface area contributed by atoms with Gasteiger partial charge < -0.3 is 14.8 Å². The van der Waals surface area contributed by atoms with Crippen LogP contribution >= 0.6 is 27.3 Å². The molecule has 0 radical (unpaired) electrons. The number of aromatic nitrogens is 2. The van der Waals surface area contributed by atoms with E-state index in [-0.39, 0.29) is 0 Å². The van der Waals surface area contributed by atoms with Gasteiger partial charge in [-0.05, 0) is 47.0 Å². The Bertz CT molecular complexity index is 604. The standard InChI is InChI=1S/C14H18BrN3O2S/c1-4-12-17-18-14(21-12)16-8-9-6-10(15)13(20-5-2)11(7-9)19-3/h6-7H,4-5,8H2,1-3H3,(H,16,18). The zero-order valence-electron chi connectivity index (χ0n) is 12.3. The number of hydrogen-bond donors (Lipinski definition) is 1. The highest BCUT2D eigenvalue weighted by Crippen LogP contribution is 2.36. The van der Waals surface area contributed by atoms with E-state index in [1.165, 1.54) is 0 Å². The summed E-state index contributed by atoms with van der Waals surface area (Å²) in [7, 11) is 1.64. The molecular weight excluding hydrogens is 354 g/mol. The molecule has 0 spiro atoms. The number of anilines is 1. The third kappa shape index (κ3) is 4.07. The van der Waals surface area contributed by atoms with Crippen molar-refractivity contribution in [3.8, 4) is 11.5 Å². The fourth-order valence-corrected chi connectivity index (χ4v) is 3.08. The number of rotatable bonds is 7. The normalized spacial score (nSPS) is 10.5. The lowest BCUT2D eigenvalue weighted by molar-refractivity contribution is 0.308. The van der Waals surface area contributed by atoms with Crippen molar-refractivity contribution >= 4 is 32.4 Å². The van der Waals surface area contributed by atoms with E-state index in [0.717, 1.165) is 38.1 Å². The molecule has 5 nitrogen and oxygen atoms in total. The van der Waals surface area contributed by atoms with Crippen molar-refractivity contribution in [1.29, 1.82) is 0 Å². The molecule has 0 fully saturated rings. The van der Waals surface area contributed by atoms with E-state index in [0.29, 0.717) is 13.2 Å². The van der Waals surface area contributed by atoms with Crippen molar-refractivity contribution in [2.75, 3.05) is 19.0 Å². The Kier molecular flexibility index (Phi) is 5.81. The van der Waals surface area contributed by atoms with Crippen LogP contribution in [-0.4, -0.2) is 23.9 Å². The van der Waals surface area contributed by atoms with E-state index in [1.807, 2.05) is 19.1 Å². The number of halogens is 1. The molecular formula is C14H18BrN3O2S. The molecule has 0 amide bonds. The topological polar surface area (TPSA) is 56.3 Å². The van der Waals surface area contributed by atoms with Crippen LogP contribution in [0, 0.1) is 0 Å². The molecule has 1 N–H and O–H groups in total. The Labute approximate surface area is 136 Å². The fourth-order valence-electron chi connectivity index (χ4n) is 1.81. The zero-order valence-corrected chi connectivity index (χ0v) is 14.7. The highest BCUT2D eigenvalue weighted by atomic mass is 79.9. The van der Waals surface area contributed by atoms with Crippen LogP contribution in [0.5, 0.6) is 11.5 Å². The first-order valence-electron chi connectivity index (χ1n) is 6.73. The lowest BCUT2D eigenvalue weighted by Crippen LogP contribution is -2.02. The Balaban J connectivity index is 2.11. The van der Waals surface area contributed by atoms with Gasteiger partial charge in [0.25, 0.3) is 0 Å². The summed E-state index contributed by atoms with van der Waals surface area (Å²) in [4.78, 5) is 0. The first-order chi connectivity index (χ1) is 10.2. The minimum Gasteiger partial charge on any atom is -0.493 e. The number of nitrogens with zero attached hydrogens (tertiary/aromatic N) is 2. The largest absolute Gasteiger partial charge is 0.493 e. The van der Waals surface area contributed by atoms with E-state index in [4.69, 9.17) is 9.47 Å². The number of aryl methyl sites for hydroxylation is 1. The first kappa shape index (κ1) is 16.0. The second-order valence-corrected chi connectivity index (χ2v) is 6.17. The Hall–Kier alpha value is -1.34. The number of nitrogens with one attached hydrogen (secondary N) is 1. The molecule has 114 valence electrons. The average Bonchev–Trinajstić information content (AvgIpc) is 2.95. The molecule has 1 aromatic carbocycles. The minimum atomic E-state index is 0.594. The Morgan fingerprint density at radius 2 is 2.10 bits per heavy atom. The summed E-state index contributed by atoms with van der Waals surface area (Å²) in [5.41, 5.74) is 1.08. The molecule has 0 atom stereocenters. The van der Waals surface area contributed by atoms with E-state index < -0.39 is 0 Å². The summed E-state index contributed by atoms with van der Waals surface area (Å²) in [6.45, 7) is 5.26.